The van der Waals surface area contributed by atoms with Crippen LogP contribution in [0.4, 0.5) is 17.6 Å². The molecule has 140 valence electrons. The van der Waals surface area contributed by atoms with Gasteiger partial charge in [-0.1, -0.05) is 0 Å². The third-order valence-electron chi connectivity index (χ3n) is 4.43. The molecule has 0 aliphatic heterocycles. The highest BCUT2D eigenvalue weighted by Crippen LogP contribution is 2.33. The molecule has 25 heavy (non-hydrogen) atoms. The Hall–Kier alpha value is -1.72. The van der Waals surface area contributed by atoms with Crippen molar-refractivity contribution in [3.05, 3.63) is 35.7 Å². The highest BCUT2D eigenvalue weighted by Gasteiger charge is 2.22. The maximum atomic E-state index is 14.0. The standard InChI is InChI=1S/C19H24F4O2/c1-2-24-16-7-8-17(19(23)18(16)22)25-12-14-5-3-13(4-6-14)11-15(21)9-10-20/h7-8,11,13-14H,2-6,9-10,12H2,1H3. The quantitative estimate of drug-likeness (QED) is 0.549. The third-order valence-corrected chi connectivity index (χ3v) is 4.43. The summed E-state index contributed by atoms with van der Waals surface area (Å²) in [4.78, 5) is 0. The largest absolute Gasteiger partial charge is 0.491 e. The van der Waals surface area contributed by atoms with E-state index in [2.05, 4.69) is 0 Å². The first-order valence-corrected chi connectivity index (χ1v) is 8.70. The normalized spacial score (nSPS) is 21.2. The van der Waals surface area contributed by atoms with E-state index in [9.17, 15) is 17.6 Å². The summed E-state index contributed by atoms with van der Waals surface area (Å²) in [6.07, 6.45) is 4.54. The van der Waals surface area contributed by atoms with Crippen molar-refractivity contribution >= 4 is 0 Å². The predicted octanol–water partition coefficient (Wildman–Crippen LogP) is 5.76. The zero-order valence-corrected chi connectivity index (χ0v) is 14.4. The van der Waals surface area contributed by atoms with Crippen LogP contribution >= 0.6 is 0 Å². The molecule has 1 aliphatic carbocycles. The van der Waals surface area contributed by atoms with Crippen LogP contribution in [-0.2, 0) is 0 Å². The second-order valence-electron chi connectivity index (χ2n) is 6.27. The number of benzene rings is 1. The fraction of sp³-hybridized carbons (Fsp3) is 0.579. The molecule has 0 saturated heterocycles. The number of hydrogen-bond donors (Lipinski definition) is 0. The number of ether oxygens (including phenoxy) is 2. The maximum Gasteiger partial charge on any atom is 0.204 e. The minimum absolute atomic E-state index is 0.113. The van der Waals surface area contributed by atoms with Crippen LogP contribution in [0.5, 0.6) is 11.5 Å². The van der Waals surface area contributed by atoms with Crippen LogP contribution in [0.3, 0.4) is 0 Å². The van der Waals surface area contributed by atoms with Crippen molar-refractivity contribution in [1.82, 2.24) is 0 Å². The molecule has 1 aromatic carbocycles. The van der Waals surface area contributed by atoms with E-state index in [0.717, 1.165) is 25.7 Å². The predicted molar refractivity (Wildman–Crippen MR) is 88.3 cm³/mol. The Bertz CT molecular complexity index is 581. The topological polar surface area (TPSA) is 18.5 Å². The van der Waals surface area contributed by atoms with Gasteiger partial charge >= 0.3 is 0 Å². The lowest BCUT2D eigenvalue weighted by Crippen LogP contribution is -2.19. The summed E-state index contributed by atoms with van der Waals surface area (Å²) in [5, 5.41) is 0. The van der Waals surface area contributed by atoms with Gasteiger partial charge in [0.05, 0.1) is 25.7 Å². The zero-order valence-electron chi connectivity index (χ0n) is 14.4. The van der Waals surface area contributed by atoms with Gasteiger partial charge in [0.25, 0.3) is 0 Å². The molecule has 0 aromatic heterocycles. The maximum absolute atomic E-state index is 14.0. The second kappa shape index (κ2) is 9.68. The first-order chi connectivity index (χ1) is 12.0. The molecule has 0 heterocycles. The lowest BCUT2D eigenvalue weighted by molar-refractivity contribution is 0.186. The number of allylic oxidation sites excluding steroid dienone is 2. The summed E-state index contributed by atoms with van der Waals surface area (Å²) < 4.78 is 63.6. The molecular formula is C19H24F4O2. The molecular weight excluding hydrogens is 336 g/mol. The summed E-state index contributed by atoms with van der Waals surface area (Å²) in [6.45, 7) is 1.54. The first-order valence-electron chi connectivity index (χ1n) is 8.70. The van der Waals surface area contributed by atoms with Crippen molar-refractivity contribution in [3.8, 4) is 11.5 Å². The molecule has 0 amide bonds. The highest BCUT2D eigenvalue weighted by molar-refractivity contribution is 5.35. The van der Waals surface area contributed by atoms with E-state index >= 15 is 0 Å². The molecule has 0 atom stereocenters. The van der Waals surface area contributed by atoms with Crippen LogP contribution in [0.25, 0.3) is 0 Å². The molecule has 1 fully saturated rings. The molecule has 6 heteroatoms. The summed E-state index contributed by atoms with van der Waals surface area (Å²) in [5.41, 5.74) is 0. The van der Waals surface area contributed by atoms with Crippen molar-refractivity contribution in [3.63, 3.8) is 0 Å². The number of halogens is 4. The number of rotatable bonds is 8. The average Bonchev–Trinajstić information content (AvgIpc) is 2.60. The SMILES string of the molecule is CCOc1ccc(OCC2CCC(C=C(F)CCF)CC2)c(F)c1F. The Morgan fingerprint density at radius 2 is 1.68 bits per heavy atom. The molecule has 0 bridgehead atoms. The molecule has 0 radical (unpaired) electrons. The van der Waals surface area contributed by atoms with Gasteiger partial charge in [-0.3, -0.25) is 4.39 Å². The van der Waals surface area contributed by atoms with E-state index in [4.69, 9.17) is 9.47 Å². The zero-order chi connectivity index (χ0) is 18.2. The average molecular weight is 360 g/mol. The summed E-state index contributed by atoms with van der Waals surface area (Å²) in [7, 11) is 0. The second-order valence-corrected chi connectivity index (χ2v) is 6.27. The van der Waals surface area contributed by atoms with Crippen molar-refractivity contribution in [2.75, 3.05) is 19.9 Å². The van der Waals surface area contributed by atoms with Crippen molar-refractivity contribution < 1.29 is 27.0 Å². The van der Waals surface area contributed by atoms with Crippen molar-refractivity contribution in [2.24, 2.45) is 11.8 Å². The van der Waals surface area contributed by atoms with E-state index in [1.54, 1.807) is 6.92 Å². The Kier molecular flexibility index (Phi) is 7.59. The van der Waals surface area contributed by atoms with Crippen molar-refractivity contribution in [2.45, 2.75) is 39.0 Å². The molecule has 0 unspecified atom stereocenters. The smallest absolute Gasteiger partial charge is 0.204 e. The monoisotopic (exact) mass is 360 g/mol. The summed E-state index contributed by atoms with van der Waals surface area (Å²) in [6, 6.07) is 2.72. The van der Waals surface area contributed by atoms with Gasteiger partial charge in [0.15, 0.2) is 11.5 Å². The summed E-state index contributed by atoms with van der Waals surface area (Å²) >= 11 is 0. The van der Waals surface area contributed by atoms with E-state index in [1.807, 2.05) is 0 Å². The third kappa shape index (κ3) is 5.65. The van der Waals surface area contributed by atoms with Crippen LogP contribution in [0.2, 0.25) is 0 Å². The Balaban J connectivity index is 1.83. The van der Waals surface area contributed by atoms with Gasteiger partial charge in [0.2, 0.25) is 11.6 Å². The van der Waals surface area contributed by atoms with E-state index in [-0.39, 0.29) is 43.0 Å². The lowest BCUT2D eigenvalue weighted by atomic mass is 9.82. The molecule has 1 aromatic rings. The first kappa shape index (κ1) is 19.6. The molecule has 2 rings (SSSR count). The van der Waals surface area contributed by atoms with Gasteiger partial charge in [-0.25, -0.2) is 4.39 Å². The highest BCUT2D eigenvalue weighted by atomic mass is 19.2. The minimum Gasteiger partial charge on any atom is -0.491 e. The number of alkyl halides is 1. The van der Waals surface area contributed by atoms with E-state index in [1.165, 1.54) is 18.2 Å². The fourth-order valence-electron chi connectivity index (χ4n) is 3.05. The fourth-order valence-corrected chi connectivity index (χ4v) is 3.05. The number of hydrogen-bond acceptors (Lipinski definition) is 2. The van der Waals surface area contributed by atoms with Crippen molar-refractivity contribution in [1.29, 1.82) is 0 Å². The summed E-state index contributed by atoms with van der Waals surface area (Å²) in [5.74, 6) is -2.42. The molecule has 1 saturated carbocycles. The van der Waals surface area contributed by atoms with Crippen LogP contribution < -0.4 is 9.47 Å². The van der Waals surface area contributed by atoms with E-state index in [0.29, 0.717) is 0 Å². The van der Waals surface area contributed by atoms with Gasteiger partial charge < -0.3 is 9.47 Å². The Labute approximate surface area is 145 Å². The van der Waals surface area contributed by atoms with Gasteiger partial charge in [-0.05, 0) is 62.7 Å². The van der Waals surface area contributed by atoms with Crippen LogP contribution in [0.1, 0.15) is 39.0 Å². The Morgan fingerprint density at radius 3 is 2.24 bits per heavy atom. The van der Waals surface area contributed by atoms with Gasteiger partial charge in [-0.15, -0.1) is 0 Å². The van der Waals surface area contributed by atoms with Crippen LogP contribution in [0.15, 0.2) is 24.0 Å². The lowest BCUT2D eigenvalue weighted by Gasteiger charge is -2.26. The minimum atomic E-state index is -1.05. The van der Waals surface area contributed by atoms with Crippen LogP contribution in [-0.4, -0.2) is 19.9 Å². The van der Waals surface area contributed by atoms with Gasteiger partial charge in [0.1, 0.15) is 0 Å². The molecule has 0 spiro atoms. The van der Waals surface area contributed by atoms with Gasteiger partial charge in [-0.2, -0.15) is 8.78 Å². The molecule has 0 N–H and O–H groups in total. The molecule has 2 nitrogen and oxygen atoms in total. The van der Waals surface area contributed by atoms with Crippen LogP contribution in [0, 0.1) is 23.5 Å². The van der Waals surface area contributed by atoms with Gasteiger partial charge in [0, 0.05) is 6.42 Å². The molecule has 1 aliphatic rings. The Morgan fingerprint density at radius 1 is 1.08 bits per heavy atom. The van der Waals surface area contributed by atoms with E-state index < -0.39 is 24.1 Å².